The van der Waals surface area contributed by atoms with E-state index in [2.05, 4.69) is 9.97 Å². The maximum Gasteiger partial charge on any atom is 0.225 e. The Hall–Kier alpha value is -2.82. The number of benzene rings is 3. The van der Waals surface area contributed by atoms with Crippen LogP contribution in [0.15, 0.2) is 66.7 Å². The lowest BCUT2D eigenvalue weighted by Crippen LogP contribution is -2.01. The largest absolute Gasteiger partial charge is 0.497 e. The van der Waals surface area contributed by atoms with E-state index in [9.17, 15) is 0 Å². The van der Waals surface area contributed by atoms with Gasteiger partial charge in [0.15, 0.2) is 5.82 Å². The van der Waals surface area contributed by atoms with Gasteiger partial charge in [-0.3, -0.25) is 0 Å². The molecule has 1 heterocycles. The molecule has 0 radical (unpaired) electrons. The highest BCUT2D eigenvalue weighted by molar-refractivity contribution is 6.36. The summed E-state index contributed by atoms with van der Waals surface area (Å²) in [6.45, 7) is 0.374. The van der Waals surface area contributed by atoms with Crippen molar-refractivity contribution < 1.29 is 9.47 Å². The van der Waals surface area contributed by atoms with E-state index in [1.807, 2.05) is 54.6 Å². The van der Waals surface area contributed by atoms with Crippen molar-refractivity contribution in [3.05, 3.63) is 82.3 Å². The number of methoxy groups -OCH3 is 1. The second-order valence-corrected chi connectivity index (χ2v) is 6.97. The first-order valence-corrected chi connectivity index (χ1v) is 9.37. The molecule has 6 heteroatoms. The fourth-order valence-corrected chi connectivity index (χ4v) is 3.32. The van der Waals surface area contributed by atoms with Gasteiger partial charge in [-0.05, 0) is 48.0 Å². The van der Waals surface area contributed by atoms with Gasteiger partial charge in [-0.25, -0.2) is 4.98 Å². The van der Waals surface area contributed by atoms with Gasteiger partial charge < -0.3 is 9.47 Å². The predicted molar refractivity (Wildman–Crippen MR) is 112 cm³/mol. The Morgan fingerprint density at radius 1 is 0.893 bits per heavy atom. The van der Waals surface area contributed by atoms with E-state index < -0.39 is 0 Å². The molecule has 3 aromatic carbocycles. The second-order valence-electron chi connectivity index (χ2n) is 6.13. The van der Waals surface area contributed by atoms with Crippen molar-refractivity contribution in [2.45, 2.75) is 6.61 Å². The molecule has 0 unspecified atom stereocenters. The molecule has 0 saturated carbocycles. The van der Waals surface area contributed by atoms with Gasteiger partial charge in [-0.1, -0.05) is 47.5 Å². The van der Waals surface area contributed by atoms with E-state index in [-0.39, 0.29) is 0 Å². The van der Waals surface area contributed by atoms with Crippen molar-refractivity contribution in [1.82, 2.24) is 9.97 Å². The van der Waals surface area contributed by atoms with E-state index >= 15 is 0 Å². The third-order valence-corrected chi connectivity index (χ3v) is 4.82. The summed E-state index contributed by atoms with van der Waals surface area (Å²) in [5, 5.41) is 1.89. The van der Waals surface area contributed by atoms with Crippen LogP contribution in [0.2, 0.25) is 10.0 Å². The lowest BCUT2D eigenvalue weighted by molar-refractivity contribution is 0.298. The third kappa shape index (κ3) is 3.88. The van der Waals surface area contributed by atoms with Gasteiger partial charge in [0.25, 0.3) is 0 Å². The van der Waals surface area contributed by atoms with Crippen LogP contribution in [0.3, 0.4) is 0 Å². The molecule has 0 spiro atoms. The molecule has 0 fully saturated rings. The predicted octanol–water partition coefficient (Wildman–Crippen LogP) is 6.19. The van der Waals surface area contributed by atoms with E-state index in [1.165, 1.54) is 0 Å². The second kappa shape index (κ2) is 8.05. The Morgan fingerprint density at radius 2 is 1.68 bits per heavy atom. The van der Waals surface area contributed by atoms with Crippen LogP contribution in [0.4, 0.5) is 0 Å². The summed E-state index contributed by atoms with van der Waals surface area (Å²) >= 11 is 12.4. The van der Waals surface area contributed by atoms with Gasteiger partial charge in [0.05, 0.1) is 23.0 Å². The Kier molecular flexibility index (Phi) is 5.33. The first-order chi connectivity index (χ1) is 13.6. The molecule has 0 atom stereocenters. The highest BCUT2D eigenvalue weighted by atomic mass is 35.5. The van der Waals surface area contributed by atoms with E-state index in [0.29, 0.717) is 33.9 Å². The number of fused-ring (bicyclic) bond motifs is 1. The minimum absolute atomic E-state index is 0.374. The lowest BCUT2D eigenvalue weighted by atomic mass is 10.2. The van der Waals surface area contributed by atoms with Gasteiger partial charge in [-0.15, -0.1) is 0 Å². The Labute approximate surface area is 172 Å². The average molecular weight is 411 g/mol. The smallest absolute Gasteiger partial charge is 0.225 e. The summed E-state index contributed by atoms with van der Waals surface area (Å²) in [5.41, 5.74) is 2.49. The molecule has 0 N–H and O–H groups in total. The molecule has 0 saturated heterocycles. The van der Waals surface area contributed by atoms with Crippen molar-refractivity contribution in [3.63, 3.8) is 0 Å². The fraction of sp³-hybridized carbons (Fsp3) is 0.0909. The van der Waals surface area contributed by atoms with Crippen LogP contribution < -0.4 is 9.47 Å². The zero-order valence-electron chi connectivity index (χ0n) is 15.0. The molecule has 4 aromatic rings. The minimum Gasteiger partial charge on any atom is -0.497 e. The Balaban J connectivity index is 1.71. The number of nitrogens with zero attached hydrogens (tertiary/aromatic N) is 2. The van der Waals surface area contributed by atoms with Crippen LogP contribution in [-0.2, 0) is 6.61 Å². The molecule has 0 aliphatic carbocycles. The molecule has 0 amide bonds. The van der Waals surface area contributed by atoms with Crippen LogP contribution in [0.5, 0.6) is 11.6 Å². The van der Waals surface area contributed by atoms with Gasteiger partial charge in [0.1, 0.15) is 12.4 Å². The van der Waals surface area contributed by atoms with E-state index in [0.717, 1.165) is 22.2 Å². The Bertz CT molecular complexity index is 1130. The SMILES string of the molecule is COc1ccc(COc2nc(-c3ccc(Cl)cc3Cl)nc3ccccc23)cc1. The number of hydrogen-bond donors (Lipinski definition) is 0. The van der Waals surface area contributed by atoms with Crippen LogP contribution in [0.1, 0.15) is 5.56 Å². The van der Waals surface area contributed by atoms with Crippen LogP contribution in [0, 0.1) is 0 Å². The van der Waals surface area contributed by atoms with Crippen LogP contribution in [-0.4, -0.2) is 17.1 Å². The number of ether oxygens (including phenoxy) is 2. The van der Waals surface area contributed by atoms with Gasteiger partial charge in [0, 0.05) is 10.6 Å². The summed E-state index contributed by atoms with van der Waals surface area (Å²) in [5.74, 6) is 1.79. The normalized spacial score (nSPS) is 10.8. The van der Waals surface area contributed by atoms with Gasteiger partial charge in [-0.2, -0.15) is 4.98 Å². The van der Waals surface area contributed by atoms with Crippen molar-refractivity contribution in [2.24, 2.45) is 0 Å². The van der Waals surface area contributed by atoms with E-state index in [1.54, 1.807) is 19.2 Å². The zero-order valence-corrected chi connectivity index (χ0v) is 16.5. The maximum absolute atomic E-state index is 6.35. The quantitative estimate of drug-likeness (QED) is 0.393. The molecular formula is C22H16Cl2N2O2. The monoisotopic (exact) mass is 410 g/mol. The van der Waals surface area contributed by atoms with Crippen molar-refractivity contribution in [3.8, 4) is 23.0 Å². The summed E-state index contributed by atoms with van der Waals surface area (Å²) in [7, 11) is 1.64. The zero-order chi connectivity index (χ0) is 19.5. The van der Waals surface area contributed by atoms with Crippen molar-refractivity contribution >= 4 is 34.1 Å². The number of para-hydroxylation sites is 1. The number of rotatable bonds is 5. The molecule has 0 bridgehead atoms. The molecule has 4 nitrogen and oxygen atoms in total. The molecule has 1 aromatic heterocycles. The summed E-state index contributed by atoms with van der Waals surface area (Å²) in [6, 6.07) is 20.7. The summed E-state index contributed by atoms with van der Waals surface area (Å²) < 4.78 is 11.2. The van der Waals surface area contributed by atoms with Gasteiger partial charge in [0.2, 0.25) is 5.88 Å². The van der Waals surface area contributed by atoms with Crippen LogP contribution >= 0.6 is 23.2 Å². The van der Waals surface area contributed by atoms with E-state index in [4.69, 9.17) is 32.7 Å². The van der Waals surface area contributed by atoms with Crippen molar-refractivity contribution in [1.29, 1.82) is 0 Å². The highest BCUT2D eigenvalue weighted by Crippen LogP contribution is 2.32. The number of halogens is 2. The number of hydrogen-bond acceptors (Lipinski definition) is 4. The Morgan fingerprint density at radius 3 is 2.43 bits per heavy atom. The van der Waals surface area contributed by atoms with Crippen molar-refractivity contribution in [2.75, 3.05) is 7.11 Å². The first kappa shape index (κ1) is 18.5. The third-order valence-electron chi connectivity index (χ3n) is 4.27. The number of aromatic nitrogens is 2. The molecular weight excluding hydrogens is 395 g/mol. The first-order valence-electron chi connectivity index (χ1n) is 8.62. The highest BCUT2D eigenvalue weighted by Gasteiger charge is 2.13. The molecule has 4 rings (SSSR count). The average Bonchev–Trinajstić information content (AvgIpc) is 2.72. The maximum atomic E-state index is 6.35. The summed E-state index contributed by atoms with van der Waals surface area (Å²) in [6.07, 6.45) is 0. The molecule has 0 aliphatic rings. The van der Waals surface area contributed by atoms with Gasteiger partial charge >= 0.3 is 0 Å². The minimum atomic E-state index is 0.374. The topological polar surface area (TPSA) is 44.2 Å². The standard InChI is InChI=1S/C22H16Cl2N2O2/c1-27-16-9-6-14(7-10-16)13-28-22-18-4-2-3-5-20(18)25-21(26-22)17-11-8-15(23)12-19(17)24/h2-12H,13H2,1H3. The molecule has 140 valence electrons. The van der Waals surface area contributed by atoms with Crippen LogP contribution in [0.25, 0.3) is 22.3 Å². The lowest BCUT2D eigenvalue weighted by Gasteiger charge is -2.11. The molecule has 28 heavy (non-hydrogen) atoms. The molecule has 0 aliphatic heterocycles. The fourth-order valence-electron chi connectivity index (χ4n) is 2.82. The summed E-state index contributed by atoms with van der Waals surface area (Å²) in [4.78, 5) is 9.26.